The van der Waals surface area contributed by atoms with E-state index >= 15 is 0 Å². The van der Waals surface area contributed by atoms with Crippen LogP contribution in [0.1, 0.15) is 18.7 Å². The van der Waals surface area contributed by atoms with Crippen molar-refractivity contribution in [1.29, 1.82) is 0 Å². The quantitative estimate of drug-likeness (QED) is 0.750. The third-order valence-electron chi connectivity index (χ3n) is 4.99. The van der Waals surface area contributed by atoms with Gasteiger partial charge in [0.1, 0.15) is 5.82 Å². The summed E-state index contributed by atoms with van der Waals surface area (Å²) in [7, 11) is 0. The van der Waals surface area contributed by atoms with Crippen LogP contribution in [-0.4, -0.2) is 45.0 Å². The molecule has 26 heavy (non-hydrogen) atoms. The van der Waals surface area contributed by atoms with Crippen LogP contribution in [0.25, 0.3) is 10.2 Å². The Hall–Kier alpha value is -2.25. The van der Waals surface area contributed by atoms with Gasteiger partial charge in [0, 0.05) is 18.9 Å². The van der Waals surface area contributed by atoms with Gasteiger partial charge in [-0.25, -0.2) is 9.97 Å². The van der Waals surface area contributed by atoms with Crippen LogP contribution in [0.2, 0.25) is 0 Å². The molecule has 0 saturated carbocycles. The Kier molecular flexibility index (Phi) is 4.99. The second-order valence-corrected chi connectivity index (χ2v) is 7.91. The Labute approximate surface area is 156 Å². The molecule has 136 valence electrons. The van der Waals surface area contributed by atoms with Crippen molar-refractivity contribution in [2.45, 2.75) is 26.3 Å². The molecular weight excluding hydrogens is 346 g/mol. The number of aromatic nitrogens is 3. The van der Waals surface area contributed by atoms with Gasteiger partial charge in [-0.2, -0.15) is 0 Å². The molecule has 6 nitrogen and oxygen atoms in total. The number of thiazole rings is 1. The number of hydrogen-bond acceptors (Lipinski definition) is 5. The van der Waals surface area contributed by atoms with Crippen LogP contribution in [0.4, 0.5) is 5.13 Å². The lowest BCUT2D eigenvalue weighted by Gasteiger charge is -2.31. The van der Waals surface area contributed by atoms with Gasteiger partial charge in [-0.15, -0.1) is 0 Å². The summed E-state index contributed by atoms with van der Waals surface area (Å²) in [6.07, 6.45) is 6.14. The van der Waals surface area contributed by atoms with Gasteiger partial charge in [0.25, 0.3) is 0 Å². The average molecular weight is 369 g/mol. The molecule has 0 bridgehead atoms. The molecule has 1 aliphatic heterocycles. The van der Waals surface area contributed by atoms with E-state index in [1.165, 1.54) is 11.3 Å². The first-order valence-electron chi connectivity index (χ1n) is 9.03. The number of fused-ring (bicyclic) bond motifs is 1. The summed E-state index contributed by atoms with van der Waals surface area (Å²) in [5.41, 5.74) is 0.934. The molecule has 0 unspecified atom stereocenters. The zero-order chi connectivity index (χ0) is 17.9. The summed E-state index contributed by atoms with van der Waals surface area (Å²) in [6, 6.07) is 7.94. The highest BCUT2D eigenvalue weighted by molar-refractivity contribution is 7.22. The molecule has 1 fully saturated rings. The molecule has 3 aromatic rings. The maximum absolute atomic E-state index is 12.3. The lowest BCUT2D eigenvalue weighted by atomic mass is 9.96. The number of likely N-dealkylation sites (tertiary alicyclic amines) is 1. The molecule has 1 aliphatic rings. The van der Waals surface area contributed by atoms with Gasteiger partial charge < -0.3 is 9.88 Å². The van der Waals surface area contributed by atoms with E-state index in [9.17, 15) is 4.79 Å². The first kappa shape index (κ1) is 17.2. The van der Waals surface area contributed by atoms with Crippen LogP contribution in [0.5, 0.6) is 0 Å². The highest BCUT2D eigenvalue weighted by Gasteiger charge is 2.21. The van der Waals surface area contributed by atoms with Gasteiger partial charge in [0.2, 0.25) is 5.91 Å². The van der Waals surface area contributed by atoms with E-state index in [4.69, 9.17) is 0 Å². The van der Waals surface area contributed by atoms with Crippen molar-refractivity contribution in [2.24, 2.45) is 5.92 Å². The topological polar surface area (TPSA) is 63.1 Å². The number of carbonyl (C=O) groups excluding carboxylic acids is 1. The van der Waals surface area contributed by atoms with Crippen LogP contribution >= 0.6 is 11.3 Å². The van der Waals surface area contributed by atoms with Crippen LogP contribution in [0.15, 0.2) is 36.7 Å². The van der Waals surface area contributed by atoms with Gasteiger partial charge in [-0.1, -0.05) is 23.5 Å². The van der Waals surface area contributed by atoms with Gasteiger partial charge >= 0.3 is 0 Å². The number of carbonyl (C=O) groups is 1. The summed E-state index contributed by atoms with van der Waals surface area (Å²) in [4.78, 5) is 23.3. The van der Waals surface area contributed by atoms with Crippen molar-refractivity contribution in [3.63, 3.8) is 0 Å². The van der Waals surface area contributed by atoms with Crippen LogP contribution in [-0.2, 0) is 11.3 Å². The molecule has 1 saturated heterocycles. The van der Waals surface area contributed by atoms with Gasteiger partial charge in [0.15, 0.2) is 5.13 Å². The molecule has 0 atom stereocenters. The van der Waals surface area contributed by atoms with E-state index in [0.29, 0.717) is 17.6 Å². The molecule has 1 aromatic carbocycles. The number of anilines is 1. The van der Waals surface area contributed by atoms with Gasteiger partial charge in [-0.3, -0.25) is 9.69 Å². The minimum Gasteiger partial charge on any atom is -0.335 e. The second kappa shape index (κ2) is 7.55. The van der Waals surface area contributed by atoms with Crippen LogP contribution in [0, 0.1) is 12.8 Å². The average Bonchev–Trinajstić information content (AvgIpc) is 3.22. The maximum Gasteiger partial charge on any atom is 0.240 e. The van der Waals surface area contributed by atoms with Gasteiger partial charge in [0.05, 0.1) is 16.8 Å². The predicted molar refractivity (Wildman–Crippen MR) is 104 cm³/mol. The van der Waals surface area contributed by atoms with Crippen molar-refractivity contribution >= 4 is 32.6 Å². The standard InChI is InChI=1S/C19H23N5OS/c1-14-20-8-11-24(14)12-15-6-9-23(10-7-15)13-18(25)22-19-21-16-4-2-3-5-17(16)26-19/h2-5,8,11,15H,6-7,9-10,12-13H2,1H3,(H,21,22,25). The molecule has 2 aromatic heterocycles. The van der Waals surface area contributed by atoms with Gasteiger partial charge in [-0.05, 0) is 50.9 Å². The Morgan fingerprint density at radius 1 is 1.31 bits per heavy atom. The summed E-state index contributed by atoms with van der Waals surface area (Å²) in [5, 5.41) is 3.63. The molecule has 0 spiro atoms. The van der Waals surface area contributed by atoms with Crippen molar-refractivity contribution < 1.29 is 4.79 Å². The summed E-state index contributed by atoms with van der Waals surface area (Å²) in [6.45, 7) is 5.43. The first-order chi connectivity index (χ1) is 12.7. The zero-order valence-corrected chi connectivity index (χ0v) is 15.7. The Balaban J connectivity index is 1.26. The van der Waals surface area contributed by atoms with E-state index in [2.05, 4.69) is 24.8 Å². The molecule has 3 heterocycles. The number of nitrogens with zero attached hydrogens (tertiary/aromatic N) is 4. The summed E-state index contributed by atoms with van der Waals surface area (Å²) >= 11 is 1.52. The van der Waals surface area contributed by atoms with Crippen molar-refractivity contribution in [3.8, 4) is 0 Å². The smallest absolute Gasteiger partial charge is 0.240 e. The number of para-hydroxylation sites is 1. The molecule has 4 rings (SSSR count). The fraction of sp³-hybridized carbons (Fsp3) is 0.421. The monoisotopic (exact) mass is 369 g/mol. The molecule has 1 amide bonds. The highest BCUT2D eigenvalue weighted by Crippen LogP contribution is 2.25. The van der Waals surface area contributed by atoms with E-state index in [0.717, 1.165) is 48.5 Å². The Bertz CT molecular complexity index is 861. The number of piperidine rings is 1. The molecule has 7 heteroatoms. The molecular formula is C19H23N5OS. The summed E-state index contributed by atoms with van der Waals surface area (Å²) in [5.74, 6) is 1.75. The summed E-state index contributed by atoms with van der Waals surface area (Å²) < 4.78 is 3.32. The Morgan fingerprint density at radius 2 is 2.12 bits per heavy atom. The SMILES string of the molecule is Cc1nccn1CC1CCN(CC(=O)Nc2nc3ccccc3s2)CC1. The van der Waals surface area contributed by atoms with E-state index < -0.39 is 0 Å². The van der Waals surface area contributed by atoms with Crippen LogP contribution in [0.3, 0.4) is 0 Å². The first-order valence-corrected chi connectivity index (χ1v) is 9.84. The van der Waals surface area contributed by atoms with Crippen LogP contribution < -0.4 is 5.32 Å². The lowest BCUT2D eigenvalue weighted by molar-refractivity contribution is -0.117. The third kappa shape index (κ3) is 3.94. The number of imidazole rings is 1. The number of nitrogens with one attached hydrogen (secondary N) is 1. The van der Waals surface area contributed by atoms with E-state index in [1.54, 1.807) is 0 Å². The number of aryl methyl sites for hydroxylation is 1. The largest absolute Gasteiger partial charge is 0.335 e. The van der Waals surface area contributed by atoms with E-state index in [1.807, 2.05) is 43.6 Å². The molecule has 0 radical (unpaired) electrons. The zero-order valence-electron chi connectivity index (χ0n) is 14.9. The fourth-order valence-corrected chi connectivity index (χ4v) is 4.37. The van der Waals surface area contributed by atoms with Crippen molar-refractivity contribution in [2.75, 3.05) is 25.0 Å². The number of hydrogen-bond donors (Lipinski definition) is 1. The number of rotatable bonds is 5. The third-order valence-corrected chi connectivity index (χ3v) is 5.94. The normalized spacial score (nSPS) is 16.2. The number of benzene rings is 1. The second-order valence-electron chi connectivity index (χ2n) is 6.88. The predicted octanol–water partition coefficient (Wildman–Crippen LogP) is 3.15. The maximum atomic E-state index is 12.3. The Morgan fingerprint density at radius 3 is 2.85 bits per heavy atom. The highest BCUT2D eigenvalue weighted by atomic mass is 32.1. The van der Waals surface area contributed by atoms with E-state index in [-0.39, 0.29) is 5.91 Å². The van der Waals surface area contributed by atoms with Crippen molar-refractivity contribution in [3.05, 3.63) is 42.5 Å². The minimum atomic E-state index is 0.0213. The fourth-order valence-electron chi connectivity index (χ4n) is 3.49. The van der Waals surface area contributed by atoms with Crippen molar-refractivity contribution in [1.82, 2.24) is 19.4 Å². The number of amides is 1. The molecule has 0 aliphatic carbocycles. The minimum absolute atomic E-state index is 0.0213. The molecule has 1 N–H and O–H groups in total. The lowest BCUT2D eigenvalue weighted by Crippen LogP contribution is -2.40.